The number of fused-ring (bicyclic) bond motifs is 2. The molecular weight excluding hydrogens is 430 g/mol. The predicted molar refractivity (Wildman–Crippen MR) is 123 cm³/mol. The van der Waals surface area contributed by atoms with Crippen LogP contribution in [0.5, 0.6) is 11.5 Å². The van der Waals surface area contributed by atoms with E-state index in [1.807, 2.05) is 24.0 Å². The van der Waals surface area contributed by atoms with Gasteiger partial charge in [0.05, 0.1) is 11.8 Å². The molecule has 1 unspecified atom stereocenters. The minimum absolute atomic E-state index is 0.0845. The number of benzene rings is 1. The quantitative estimate of drug-likeness (QED) is 0.414. The van der Waals surface area contributed by atoms with Crippen LogP contribution in [-0.4, -0.2) is 46.3 Å². The first-order chi connectivity index (χ1) is 15.0. The number of carbonyl (C=O) groups is 1. The second-order valence-electron chi connectivity index (χ2n) is 7.98. The van der Waals surface area contributed by atoms with Crippen LogP contribution in [0.15, 0.2) is 23.2 Å². The second kappa shape index (κ2) is 8.31. The van der Waals surface area contributed by atoms with Crippen LogP contribution in [0.2, 0.25) is 0 Å². The van der Waals surface area contributed by atoms with E-state index < -0.39 is 0 Å². The fourth-order valence-corrected chi connectivity index (χ4v) is 6.47. The van der Waals surface area contributed by atoms with Crippen molar-refractivity contribution in [2.45, 2.75) is 44.7 Å². The van der Waals surface area contributed by atoms with Crippen molar-refractivity contribution in [3.05, 3.63) is 40.0 Å². The Morgan fingerprint density at radius 3 is 2.84 bits per heavy atom. The molecule has 2 aliphatic rings. The maximum atomic E-state index is 13.2. The van der Waals surface area contributed by atoms with Crippen molar-refractivity contribution in [1.29, 1.82) is 0 Å². The summed E-state index contributed by atoms with van der Waals surface area (Å²) in [6.07, 6.45) is 1.98. The third-order valence-electron chi connectivity index (χ3n) is 5.96. The Bertz CT molecular complexity index is 1160. The predicted octanol–water partition coefficient (Wildman–Crippen LogP) is 4.84. The van der Waals surface area contributed by atoms with Gasteiger partial charge in [-0.25, -0.2) is 9.97 Å². The van der Waals surface area contributed by atoms with Crippen LogP contribution in [0.3, 0.4) is 0 Å². The number of thioether (sulfide) groups is 1. The van der Waals surface area contributed by atoms with Gasteiger partial charge in [0.2, 0.25) is 5.91 Å². The molecule has 0 bridgehead atoms. The maximum absolute atomic E-state index is 13.2. The van der Waals surface area contributed by atoms with Gasteiger partial charge in [0, 0.05) is 16.8 Å². The molecule has 3 aromatic rings. The number of nitrogens with zero attached hydrogens (tertiary/aromatic N) is 3. The first-order valence-corrected chi connectivity index (χ1v) is 12.4. The van der Waals surface area contributed by atoms with E-state index in [1.54, 1.807) is 11.3 Å². The highest BCUT2D eigenvalue weighted by Gasteiger charge is 2.31. The van der Waals surface area contributed by atoms with Gasteiger partial charge in [0.25, 0.3) is 0 Å². The zero-order valence-electron chi connectivity index (χ0n) is 17.9. The number of hydrogen-bond acceptors (Lipinski definition) is 7. The fourth-order valence-electron chi connectivity index (χ4n) is 4.31. The van der Waals surface area contributed by atoms with Crippen molar-refractivity contribution in [3.63, 3.8) is 0 Å². The topological polar surface area (TPSA) is 64.6 Å². The molecule has 1 amide bonds. The van der Waals surface area contributed by atoms with Gasteiger partial charge in [0.1, 0.15) is 28.9 Å². The Kier molecular flexibility index (Phi) is 5.52. The van der Waals surface area contributed by atoms with Crippen LogP contribution in [-0.2, 0) is 4.79 Å². The third-order valence-corrected chi connectivity index (χ3v) is 8.03. The molecule has 0 saturated carbocycles. The Labute approximate surface area is 190 Å². The van der Waals surface area contributed by atoms with Crippen molar-refractivity contribution in [2.24, 2.45) is 0 Å². The number of rotatable bonds is 4. The molecule has 1 saturated heterocycles. The minimum atomic E-state index is 0.0845. The minimum Gasteiger partial charge on any atom is -0.486 e. The Hall–Kier alpha value is -2.32. The van der Waals surface area contributed by atoms with E-state index in [0.29, 0.717) is 19.0 Å². The van der Waals surface area contributed by atoms with Crippen molar-refractivity contribution in [2.75, 3.05) is 25.5 Å². The molecule has 2 aliphatic heterocycles. The van der Waals surface area contributed by atoms with E-state index >= 15 is 0 Å². The molecule has 31 heavy (non-hydrogen) atoms. The molecule has 162 valence electrons. The van der Waals surface area contributed by atoms with Gasteiger partial charge in [-0.2, -0.15) is 0 Å². The fraction of sp³-hybridized carbons (Fsp3) is 0.435. The molecule has 6 nitrogen and oxygen atoms in total. The SMILES string of the molecule is Cc1nc(SCC(=O)N2CCCC2c2ccc3c(c2)OCCO3)c2c(C)c(C)sc2n1. The number of carbonyl (C=O) groups excluding carboxylic acids is 1. The lowest BCUT2D eigenvalue weighted by Crippen LogP contribution is -2.32. The lowest BCUT2D eigenvalue weighted by atomic mass is 10.0. The van der Waals surface area contributed by atoms with Crippen molar-refractivity contribution >= 4 is 39.2 Å². The van der Waals surface area contributed by atoms with Crippen LogP contribution in [0, 0.1) is 20.8 Å². The Balaban J connectivity index is 1.34. The summed E-state index contributed by atoms with van der Waals surface area (Å²) >= 11 is 3.22. The van der Waals surface area contributed by atoms with E-state index in [2.05, 4.69) is 29.9 Å². The van der Waals surface area contributed by atoms with Crippen LogP contribution < -0.4 is 9.47 Å². The summed E-state index contributed by atoms with van der Waals surface area (Å²) in [5, 5.41) is 2.00. The molecule has 0 aliphatic carbocycles. The Morgan fingerprint density at radius 1 is 1.19 bits per heavy atom. The molecule has 5 rings (SSSR count). The van der Waals surface area contributed by atoms with Gasteiger partial charge >= 0.3 is 0 Å². The van der Waals surface area contributed by atoms with E-state index in [1.165, 1.54) is 22.2 Å². The molecule has 1 aromatic carbocycles. The van der Waals surface area contributed by atoms with E-state index in [4.69, 9.17) is 9.47 Å². The summed E-state index contributed by atoms with van der Waals surface area (Å²) in [6.45, 7) is 8.06. The standard InChI is InChI=1S/C23H25N3O3S2/c1-13-14(2)31-23-21(13)22(24-15(3)25-23)30-12-20(27)26-8-4-5-17(26)16-6-7-18-19(11-16)29-10-9-28-18/h6-7,11,17H,4-5,8-10,12H2,1-3H3. The monoisotopic (exact) mass is 455 g/mol. The number of amides is 1. The summed E-state index contributed by atoms with van der Waals surface area (Å²) in [5.41, 5.74) is 2.33. The number of ether oxygens (including phenoxy) is 2. The van der Waals surface area contributed by atoms with E-state index in [-0.39, 0.29) is 11.9 Å². The van der Waals surface area contributed by atoms with Crippen molar-refractivity contribution < 1.29 is 14.3 Å². The maximum Gasteiger partial charge on any atom is 0.233 e. The van der Waals surface area contributed by atoms with Gasteiger partial charge in [-0.1, -0.05) is 17.8 Å². The van der Waals surface area contributed by atoms with Gasteiger partial charge in [-0.3, -0.25) is 4.79 Å². The average Bonchev–Trinajstić information content (AvgIpc) is 3.36. The third kappa shape index (κ3) is 3.87. The average molecular weight is 456 g/mol. The lowest BCUT2D eigenvalue weighted by Gasteiger charge is -2.26. The number of thiophene rings is 1. The van der Waals surface area contributed by atoms with Crippen molar-refractivity contribution in [1.82, 2.24) is 14.9 Å². The van der Waals surface area contributed by atoms with Crippen LogP contribution >= 0.6 is 23.1 Å². The molecule has 1 fully saturated rings. The normalized spacial score (nSPS) is 18.0. The van der Waals surface area contributed by atoms with Gasteiger partial charge in [-0.05, 0) is 56.9 Å². The summed E-state index contributed by atoms with van der Waals surface area (Å²) in [4.78, 5) is 26.7. The molecular formula is C23H25N3O3S2. The largest absolute Gasteiger partial charge is 0.486 e. The lowest BCUT2D eigenvalue weighted by molar-refractivity contribution is -0.129. The smallest absolute Gasteiger partial charge is 0.233 e. The second-order valence-corrected chi connectivity index (χ2v) is 10.1. The molecule has 0 spiro atoms. The summed E-state index contributed by atoms with van der Waals surface area (Å²) in [7, 11) is 0. The summed E-state index contributed by atoms with van der Waals surface area (Å²) in [5.74, 6) is 2.84. The van der Waals surface area contributed by atoms with Gasteiger partial charge < -0.3 is 14.4 Å². The Morgan fingerprint density at radius 2 is 2.00 bits per heavy atom. The van der Waals surface area contributed by atoms with Gasteiger partial charge in [0.15, 0.2) is 11.5 Å². The molecule has 2 aromatic heterocycles. The van der Waals surface area contributed by atoms with Crippen LogP contribution in [0.25, 0.3) is 10.2 Å². The molecule has 8 heteroatoms. The van der Waals surface area contributed by atoms with Crippen LogP contribution in [0.4, 0.5) is 0 Å². The summed E-state index contributed by atoms with van der Waals surface area (Å²) < 4.78 is 11.4. The zero-order valence-corrected chi connectivity index (χ0v) is 19.6. The number of likely N-dealkylation sites (tertiary alicyclic amines) is 1. The highest BCUT2D eigenvalue weighted by atomic mass is 32.2. The number of aryl methyl sites for hydroxylation is 3. The van der Waals surface area contributed by atoms with Crippen molar-refractivity contribution in [3.8, 4) is 11.5 Å². The van der Waals surface area contributed by atoms with Gasteiger partial charge in [-0.15, -0.1) is 11.3 Å². The zero-order chi connectivity index (χ0) is 21.5. The molecule has 0 radical (unpaired) electrons. The van der Waals surface area contributed by atoms with Crippen LogP contribution in [0.1, 0.15) is 40.7 Å². The first kappa shape index (κ1) is 20.6. The summed E-state index contributed by atoms with van der Waals surface area (Å²) in [6, 6.07) is 6.14. The highest BCUT2D eigenvalue weighted by Crippen LogP contribution is 2.39. The number of hydrogen-bond donors (Lipinski definition) is 0. The van der Waals surface area contributed by atoms with E-state index in [9.17, 15) is 4.79 Å². The highest BCUT2D eigenvalue weighted by molar-refractivity contribution is 8.00. The first-order valence-electron chi connectivity index (χ1n) is 10.6. The molecule has 4 heterocycles. The number of aromatic nitrogens is 2. The molecule has 0 N–H and O–H groups in total. The molecule has 1 atom stereocenters. The van der Waals surface area contributed by atoms with E-state index in [0.717, 1.165) is 57.5 Å².